The van der Waals surface area contributed by atoms with Crippen LogP contribution in [0.2, 0.25) is 0 Å². The molecule has 30 heavy (non-hydrogen) atoms. The van der Waals surface area contributed by atoms with Crippen LogP contribution in [0.15, 0.2) is 91.5 Å². The Morgan fingerprint density at radius 3 is 2.27 bits per heavy atom. The highest BCUT2D eigenvalue weighted by Gasteiger charge is 2.28. The highest BCUT2D eigenvalue weighted by Crippen LogP contribution is 2.37. The van der Waals surface area contributed by atoms with Gasteiger partial charge in [0.05, 0.1) is 17.1 Å². The Morgan fingerprint density at radius 1 is 0.800 bits per heavy atom. The summed E-state index contributed by atoms with van der Waals surface area (Å²) in [5.74, 6) is 0. The van der Waals surface area contributed by atoms with E-state index >= 15 is 0 Å². The van der Waals surface area contributed by atoms with Gasteiger partial charge in [0.2, 0.25) is 0 Å². The Labute approximate surface area is 177 Å². The molecule has 1 unspecified atom stereocenters. The van der Waals surface area contributed by atoms with Gasteiger partial charge in [-0.3, -0.25) is 0 Å². The number of fused-ring (bicyclic) bond motifs is 1. The van der Waals surface area contributed by atoms with Crippen molar-refractivity contribution in [3.8, 4) is 5.69 Å². The van der Waals surface area contributed by atoms with E-state index in [9.17, 15) is 0 Å². The number of para-hydroxylation sites is 3. The van der Waals surface area contributed by atoms with Crippen molar-refractivity contribution in [2.75, 3.05) is 16.3 Å². The van der Waals surface area contributed by atoms with E-state index in [1.807, 2.05) is 4.68 Å². The van der Waals surface area contributed by atoms with Crippen LogP contribution in [-0.4, -0.2) is 27.4 Å². The zero-order valence-corrected chi connectivity index (χ0v) is 17.1. The van der Waals surface area contributed by atoms with E-state index < -0.39 is 0 Å². The van der Waals surface area contributed by atoms with Crippen LogP contribution < -0.4 is 9.80 Å². The maximum Gasteiger partial charge on any atom is 0.138 e. The van der Waals surface area contributed by atoms with Gasteiger partial charge in [-0.05, 0) is 36.2 Å². The third-order valence-electron chi connectivity index (χ3n) is 5.76. The minimum atomic E-state index is 0.402. The van der Waals surface area contributed by atoms with E-state index in [0.29, 0.717) is 6.04 Å². The molecule has 1 aromatic heterocycles. The Hall–Kier alpha value is -3.60. The first-order valence-electron chi connectivity index (χ1n) is 10.4. The van der Waals surface area contributed by atoms with Gasteiger partial charge in [-0.1, -0.05) is 60.7 Å². The third-order valence-corrected chi connectivity index (χ3v) is 5.76. The summed E-state index contributed by atoms with van der Waals surface area (Å²) in [5, 5.41) is 4.34. The monoisotopic (exact) mass is 395 g/mol. The van der Waals surface area contributed by atoms with Crippen molar-refractivity contribution in [3.63, 3.8) is 0 Å². The van der Waals surface area contributed by atoms with E-state index in [-0.39, 0.29) is 0 Å². The van der Waals surface area contributed by atoms with Crippen LogP contribution in [-0.2, 0) is 13.1 Å². The average Bonchev–Trinajstić information content (AvgIpc) is 3.32. The topological polar surface area (TPSA) is 37.2 Å². The van der Waals surface area contributed by atoms with Crippen molar-refractivity contribution in [2.24, 2.45) is 0 Å². The summed E-state index contributed by atoms with van der Waals surface area (Å²) >= 11 is 0. The second kappa shape index (κ2) is 8.03. The average molecular weight is 396 g/mol. The molecule has 3 aromatic carbocycles. The predicted molar refractivity (Wildman–Crippen MR) is 121 cm³/mol. The van der Waals surface area contributed by atoms with Gasteiger partial charge in [0.1, 0.15) is 12.7 Å². The lowest BCUT2D eigenvalue weighted by Crippen LogP contribution is -2.47. The fourth-order valence-corrected chi connectivity index (χ4v) is 4.30. The first-order chi connectivity index (χ1) is 14.8. The number of anilines is 2. The van der Waals surface area contributed by atoms with Crippen molar-refractivity contribution in [1.82, 2.24) is 14.8 Å². The van der Waals surface area contributed by atoms with Crippen LogP contribution in [0, 0.1) is 0 Å². The van der Waals surface area contributed by atoms with Gasteiger partial charge in [-0.2, -0.15) is 5.10 Å². The lowest BCUT2D eigenvalue weighted by molar-refractivity contribution is 0.580. The normalized spacial score (nSPS) is 15.8. The molecule has 0 bridgehead atoms. The summed E-state index contributed by atoms with van der Waals surface area (Å²) in [4.78, 5) is 9.12. The highest BCUT2D eigenvalue weighted by molar-refractivity contribution is 5.74. The van der Waals surface area contributed by atoms with Crippen LogP contribution >= 0.6 is 0 Å². The number of hydrogen-bond acceptors (Lipinski definition) is 4. The maximum atomic E-state index is 4.34. The van der Waals surface area contributed by atoms with Gasteiger partial charge < -0.3 is 9.80 Å². The number of aromatic nitrogens is 3. The van der Waals surface area contributed by atoms with Crippen LogP contribution in [0.3, 0.4) is 0 Å². The van der Waals surface area contributed by atoms with E-state index in [1.165, 1.54) is 22.5 Å². The maximum absolute atomic E-state index is 4.34. The molecule has 0 spiro atoms. The summed E-state index contributed by atoms with van der Waals surface area (Å²) in [6.07, 6.45) is 3.34. The van der Waals surface area contributed by atoms with E-state index in [2.05, 4.69) is 106 Å². The van der Waals surface area contributed by atoms with Crippen molar-refractivity contribution in [1.29, 1.82) is 0 Å². The van der Waals surface area contributed by atoms with Crippen LogP contribution in [0.25, 0.3) is 5.69 Å². The Kier molecular flexibility index (Phi) is 4.93. The van der Waals surface area contributed by atoms with Crippen LogP contribution in [0.4, 0.5) is 11.4 Å². The molecule has 0 aliphatic carbocycles. The molecule has 150 valence electrons. The van der Waals surface area contributed by atoms with E-state index in [1.54, 1.807) is 12.7 Å². The lowest BCUT2D eigenvalue weighted by Gasteiger charge is -2.43. The molecule has 1 aliphatic heterocycles. The Balaban J connectivity index is 1.47. The zero-order chi connectivity index (χ0) is 20.3. The number of hydrogen-bond donors (Lipinski definition) is 0. The van der Waals surface area contributed by atoms with E-state index in [4.69, 9.17) is 0 Å². The largest absolute Gasteiger partial charge is 0.363 e. The van der Waals surface area contributed by atoms with Crippen molar-refractivity contribution < 1.29 is 0 Å². The molecule has 0 amide bonds. The minimum absolute atomic E-state index is 0.402. The van der Waals surface area contributed by atoms with Gasteiger partial charge in [0, 0.05) is 25.7 Å². The first-order valence-corrected chi connectivity index (χ1v) is 10.4. The van der Waals surface area contributed by atoms with Crippen molar-refractivity contribution >= 4 is 11.4 Å². The van der Waals surface area contributed by atoms with Crippen molar-refractivity contribution in [3.05, 3.63) is 103 Å². The summed E-state index contributed by atoms with van der Waals surface area (Å²) in [6, 6.07) is 28.3. The number of rotatable bonds is 5. The fourth-order valence-electron chi connectivity index (χ4n) is 4.30. The van der Waals surface area contributed by atoms with Gasteiger partial charge in [0.15, 0.2) is 0 Å². The molecule has 0 saturated carbocycles. The quantitative estimate of drug-likeness (QED) is 0.492. The second-order valence-corrected chi connectivity index (χ2v) is 7.80. The van der Waals surface area contributed by atoms with Gasteiger partial charge in [0.25, 0.3) is 0 Å². The zero-order valence-electron chi connectivity index (χ0n) is 17.1. The summed E-state index contributed by atoms with van der Waals surface area (Å²) in [7, 11) is 0. The van der Waals surface area contributed by atoms with Gasteiger partial charge >= 0.3 is 0 Å². The highest BCUT2D eigenvalue weighted by atomic mass is 15.3. The molecule has 5 rings (SSSR count). The molecular weight excluding hydrogens is 370 g/mol. The van der Waals surface area contributed by atoms with Gasteiger partial charge in [-0.15, -0.1) is 0 Å². The smallest absolute Gasteiger partial charge is 0.138 e. The van der Waals surface area contributed by atoms with Crippen LogP contribution in [0.1, 0.15) is 18.1 Å². The first kappa shape index (κ1) is 18.4. The second-order valence-electron chi connectivity index (χ2n) is 7.80. The van der Waals surface area contributed by atoms with Crippen LogP contribution in [0.5, 0.6) is 0 Å². The molecule has 0 fully saturated rings. The summed E-state index contributed by atoms with van der Waals surface area (Å²) in [6.45, 7) is 5.03. The van der Waals surface area contributed by atoms with E-state index in [0.717, 1.165) is 25.3 Å². The molecule has 0 N–H and O–H groups in total. The Morgan fingerprint density at radius 2 is 1.50 bits per heavy atom. The molecule has 2 heterocycles. The molecular formula is C25H25N5. The summed E-state index contributed by atoms with van der Waals surface area (Å²) < 4.78 is 1.84. The minimum Gasteiger partial charge on any atom is -0.363 e. The molecule has 5 heteroatoms. The number of benzene rings is 3. The van der Waals surface area contributed by atoms with Crippen molar-refractivity contribution in [2.45, 2.75) is 26.1 Å². The van der Waals surface area contributed by atoms with Gasteiger partial charge in [-0.25, -0.2) is 9.67 Å². The Bertz CT molecular complexity index is 1110. The number of nitrogens with zero attached hydrogens (tertiary/aromatic N) is 5. The SMILES string of the molecule is CC1CN(Cc2ccccc2-n2cncn2)c2ccccc2N1Cc1ccccc1. The molecule has 5 nitrogen and oxygen atoms in total. The molecule has 4 aromatic rings. The predicted octanol–water partition coefficient (Wildman–Crippen LogP) is 4.68. The molecule has 1 atom stereocenters. The third kappa shape index (κ3) is 3.54. The summed E-state index contributed by atoms with van der Waals surface area (Å²) in [5.41, 5.74) is 6.22. The lowest BCUT2D eigenvalue weighted by atomic mass is 10.0. The molecule has 0 radical (unpaired) electrons. The molecule has 0 saturated heterocycles. The standard InChI is InChI=1S/C25H25N5/c1-20-15-28(17-22-11-5-6-12-23(22)30-19-26-18-27-30)24-13-7-8-14-25(24)29(20)16-21-9-3-2-4-10-21/h2-14,18-20H,15-17H2,1H3. The fraction of sp³-hybridized carbons (Fsp3) is 0.200. The molecule has 1 aliphatic rings.